The third kappa shape index (κ3) is 9.21. The van der Waals surface area contributed by atoms with E-state index >= 15 is 0 Å². The Morgan fingerprint density at radius 2 is 1.90 bits per heavy atom. The third-order valence-corrected chi connectivity index (χ3v) is 3.46. The number of benzene rings is 1. The van der Waals surface area contributed by atoms with Crippen LogP contribution in [0.15, 0.2) is 30.3 Å². The lowest BCUT2D eigenvalue weighted by Gasteiger charge is -2.13. The summed E-state index contributed by atoms with van der Waals surface area (Å²) in [7, 11) is 0. The highest BCUT2D eigenvalue weighted by atomic mass is 16.5. The Bertz CT molecular complexity index is 391. The summed E-state index contributed by atoms with van der Waals surface area (Å²) in [4.78, 5) is 10.5. The van der Waals surface area contributed by atoms with Gasteiger partial charge >= 0.3 is 5.97 Å². The molecule has 0 heterocycles. The molecule has 1 aromatic carbocycles. The first-order valence-electron chi connectivity index (χ1n) is 7.59. The maximum Gasteiger partial charge on any atom is 0.303 e. The number of hydrogen-bond acceptors (Lipinski definition) is 3. The van der Waals surface area contributed by atoms with Gasteiger partial charge < -0.3 is 14.9 Å². The number of carboxylic acid groups (broad SMARTS) is 1. The van der Waals surface area contributed by atoms with Crippen molar-refractivity contribution in [2.24, 2.45) is 5.92 Å². The zero-order valence-electron chi connectivity index (χ0n) is 12.7. The van der Waals surface area contributed by atoms with Crippen molar-refractivity contribution < 1.29 is 19.7 Å². The Morgan fingerprint density at radius 3 is 2.57 bits per heavy atom. The van der Waals surface area contributed by atoms with Crippen molar-refractivity contribution in [3.05, 3.63) is 35.9 Å². The van der Waals surface area contributed by atoms with Crippen molar-refractivity contribution in [1.29, 1.82) is 0 Å². The van der Waals surface area contributed by atoms with Gasteiger partial charge in [0.25, 0.3) is 0 Å². The molecule has 0 aliphatic carbocycles. The van der Waals surface area contributed by atoms with E-state index in [4.69, 9.17) is 9.84 Å². The summed E-state index contributed by atoms with van der Waals surface area (Å²) in [6.07, 6.45) is 2.87. The van der Waals surface area contributed by atoms with Crippen LogP contribution < -0.4 is 0 Å². The molecule has 1 aromatic rings. The topological polar surface area (TPSA) is 66.8 Å². The number of aliphatic hydroxyl groups is 1. The first kappa shape index (κ1) is 17.7. The summed E-state index contributed by atoms with van der Waals surface area (Å²) in [5.41, 5.74) is 1.13. The van der Waals surface area contributed by atoms with Crippen LogP contribution in [0.25, 0.3) is 0 Å². The van der Waals surface area contributed by atoms with Gasteiger partial charge in [0.15, 0.2) is 0 Å². The molecule has 4 nitrogen and oxygen atoms in total. The van der Waals surface area contributed by atoms with E-state index in [9.17, 15) is 9.90 Å². The van der Waals surface area contributed by atoms with Crippen LogP contribution in [0.3, 0.4) is 0 Å². The molecule has 21 heavy (non-hydrogen) atoms. The molecular weight excluding hydrogens is 268 g/mol. The minimum atomic E-state index is -0.752. The van der Waals surface area contributed by atoms with Crippen molar-refractivity contribution in [1.82, 2.24) is 0 Å². The molecule has 4 heteroatoms. The molecule has 0 aliphatic heterocycles. The summed E-state index contributed by atoms with van der Waals surface area (Å²) in [5, 5.41) is 18.5. The van der Waals surface area contributed by atoms with Crippen LogP contribution in [0.2, 0.25) is 0 Å². The summed E-state index contributed by atoms with van der Waals surface area (Å²) in [5.74, 6) is -0.582. The lowest BCUT2D eigenvalue weighted by atomic mass is 9.99. The maximum atomic E-state index is 10.5. The average molecular weight is 294 g/mol. The summed E-state index contributed by atoms with van der Waals surface area (Å²) >= 11 is 0. The highest BCUT2D eigenvalue weighted by Crippen LogP contribution is 2.14. The van der Waals surface area contributed by atoms with Gasteiger partial charge in [0.1, 0.15) is 0 Å². The number of rotatable bonds is 11. The normalized spacial score (nSPS) is 13.8. The van der Waals surface area contributed by atoms with Crippen LogP contribution in [0.1, 0.15) is 44.6 Å². The first-order valence-corrected chi connectivity index (χ1v) is 7.59. The Balaban J connectivity index is 2.01. The van der Waals surface area contributed by atoms with E-state index in [-0.39, 0.29) is 18.4 Å². The standard InChI is InChI=1S/C17H26O4/c1-14(12-17(19)20)6-5-9-16(18)10-11-21-13-15-7-3-2-4-8-15/h2-4,7-8,14,16,18H,5-6,9-13H2,1H3,(H,19,20). The molecule has 1 rings (SSSR count). The van der Waals surface area contributed by atoms with E-state index in [0.717, 1.165) is 18.4 Å². The van der Waals surface area contributed by atoms with Gasteiger partial charge in [0.2, 0.25) is 0 Å². The molecule has 0 aliphatic rings. The van der Waals surface area contributed by atoms with Crippen molar-refractivity contribution in [2.45, 2.75) is 51.7 Å². The van der Waals surface area contributed by atoms with Crippen molar-refractivity contribution >= 4 is 5.97 Å². The molecule has 0 spiro atoms. The van der Waals surface area contributed by atoms with Gasteiger partial charge in [-0.15, -0.1) is 0 Å². The Kier molecular flexibility index (Phi) is 8.71. The van der Waals surface area contributed by atoms with E-state index in [2.05, 4.69) is 0 Å². The zero-order chi connectivity index (χ0) is 15.5. The van der Waals surface area contributed by atoms with Crippen molar-refractivity contribution in [3.63, 3.8) is 0 Å². The summed E-state index contributed by atoms with van der Waals surface area (Å²) in [6.45, 7) is 3.05. The largest absolute Gasteiger partial charge is 0.481 e. The van der Waals surface area contributed by atoms with Crippen LogP contribution in [0.5, 0.6) is 0 Å². The molecule has 0 aromatic heterocycles. The number of aliphatic carboxylic acids is 1. The Labute approximate surface area is 126 Å². The quantitative estimate of drug-likeness (QED) is 0.615. The lowest BCUT2D eigenvalue weighted by molar-refractivity contribution is -0.138. The van der Waals surface area contributed by atoms with Gasteiger partial charge in [-0.05, 0) is 24.3 Å². The molecule has 0 bridgehead atoms. The van der Waals surface area contributed by atoms with Gasteiger partial charge in [-0.25, -0.2) is 0 Å². The third-order valence-electron chi connectivity index (χ3n) is 3.46. The molecule has 2 unspecified atom stereocenters. The number of carbonyl (C=O) groups is 1. The fourth-order valence-corrected chi connectivity index (χ4v) is 2.23. The SMILES string of the molecule is CC(CCCC(O)CCOCc1ccccc1)CC(=O)O. The summed E-state index contributed by atoms with van der Waals surface area (Å²) < 4.78 is 5.53. The van der Waals surface area contributed by atoms with E-state index in [1.165, 1.54) is 0 Å². The average Bonchev–Trinajstić information content (AvgIpc) is 2.44. The molecule has 0 fully saturated rings. The Morgan fingerprint density at radius 1 is 1.19 bits per heavy atom. The van der Waals surface area contributed by atoms with Gasteiger partial charge in [-0.1, -0.05) is 50.1 Å². The minimum absolute atomic E-state index is 0.170. The van der Waals surface area contributed by atoms with E-state index in [0.29, 0.717) is 26.1 Å². The van der Waals surface area contributed by atoms with Crippen LogP contribution in [-0.2, 0) is 16.1 Å². The second kappa shape index (κ2) is 10.4. The first-order chi connectivity index (χ1) is 10.1. The zero-order valence-corrected chi connectivity index (χ0v) is 12.7. The van der Waals surface area contributed by atoms with E-state index < -0.39 is 5.97 Å². The van der Waals surface area contributed by atoms with E-state index in [1.807, 2.05) is 37.3 Å². The molecule has 2 atom stereocenters. The number of carboxylic acids is 1. The molecule has 118 valence electrons. The monoisotopic (exact) mass is 294 g/mol. The fourth-order valence-electron chi connectivity index (χ4n) is 2.23. The van der Waals surface area contributed by atoms with Crippen LogP contribution in [0.4, 0.5) is 0 Å². The maximum absolute atomic E-state index is 10.5. The number of hydrogen-bond donors (Lipinski definition) is 2. The predicted molar refractivity (Wildman–Crippen MR) is 82.0 cm³/mol. The fraction of sp³-hybridized carbons (Fsp3) is 0.588. The highest BCUT2D eigenvalue weighted by molar-refractivity contribution is 5.66. The Hall–Kier alpha value is -1.39. The molecule has 0 saturated carbocycles. The highest BCUT2D eigenvalue weighted by Gasteiger charge is 2.09. The van der Waals surface area contributed by atoms with E-state index in [1.54, 1.807) is 0 Å². The van der Waals surface area contributed by atoms with Gasteiger partial charge in [-0.2, -0.15) is 0 Å². The van der Waals surface area contributed by atoms with Crippen molar-refractivity contribution in [2.75, 3.05) is 6.61 Å². The molecule has 0 saturated heterocycles. The van der Waals surface area contributed by atoms with Crippen LogP contribution in [-0.4, -0.2) is 28.9 Å². The molecule has 0 radical (unpaired) electrons. The second-order valence-corrected chi connectivity index (χ2v) is 5.61. The second-order valence-electron chi connectivity index (χ2n) is 5.61. The predicted octanol–water partition coefficient (Wildman–Crippen LogP) is 3.24. The smallest absolute Gasteiger partial charge is 0.303 e. The number of ether oxygens (including phenoxy) is 1. The van der Waals surface area contributed by atoms with Crippen LogP contribution >= 0.6 is 0 Å². The number of aliphatic hydroxyl groups excluding tert-OH is 1. The molecular formula is C17H26O4. The molecule has 0 amide bonds. The molecule has 2 N–H and O–H groups in total. The van der Waals surface area contributed by atoms with Gasteiger partial charge in [-0.3, -0.25) is 4.79 Å². The van der Waals surface area contributed by atoms with Crippen LogP contribution in [0, 0.1) is 5.92 Å². The summed E-state index contributed by atoms with van der Waals surface area (Å²) in [6, 6.07) is 9.96. The van der Waals surface area contributed by atoms with Gasteiger partial charge in [0, 0.05) is 13.0 Å². The lowest BCUT2D eigenvalue weighted by Crippen LogP contribution is -2.11. The van der Waals surface area contributed by atoms with Gasteiger partial charge in [0.05, 0.1) is 12.7 Å². The minimum Gasteiger partial charge on any atom is -0.481 e. The van der Waals surface area contributed by atoms with Crippen molar-refractivity contribution in [3.8, 4) is 0 Å².